The van der Waals surface area contributed by atoms with E-state index in [2.05, 4.69) is 17.0 Å². The number of hydrogen-bond donors (Lipinski definition) is 5. The molecule has 0 aromatic heterocycles. The first kappa shape index (κ1) is 28.0. The lowest BCUT2D eigenvalue weighted by Gasteiger charge is -2.46. The number of hydrogen-bond acceptors (Lipinski definition) is 7. The van der Waals surface area contributed by atoms with E-state index in [1.807, 2.05) is 18.2 Å². The van der Waals surface area contributed by atoms with Crippen molar-refractivity contribution in [3.05, 3.63) is 35.9 Å². The third-order valence-electron chi connectivity index (χ3n) is 7.70. The van der Waals surface area contributed by atoms with Gasteiger partial charge in [0.1, 0.15) is 5.60 Å². The highest BCUT2D eigenvalue weighted by molar-refractivity contribution is 5.88. The quantitative estimate of drug-likeness (QED) is 0.316. The van der Waals surface area contributed by atoms with Crippen LogP contribution in [0.3, 0.4) is 0 Å². The Bertz CT molecular complexity index is 878. The number of aliphatic carboxylic acids is 3. The van der Waals surface area contributed by atoms with Crippen molar-refractivity contribution in [2.24, 2.45) is 11.8 Å². The zero-order valence-corrected chi connectivity index (χ0v) is 20.4. The number of benzene rings is 1. The molecular formula is C26H37NO9. The lowest BCUT2D eigenvalue weighted by Crippen LogP contribution is -2.53. The summed E-state index contributed by atoms with van der Waals surface area (Å²) in [6.45, 7) is 3.98. The Kier molecular flexibility index (Phi) is 9.46. The number of piperidine rings is 3. The molecule has 4 aliphatic rings. The molecule has 5 rings (SSSR count). The fraction of sp³-hybridized carbons (Fsp3) is 0.654. The van der Waals surface area contributed by atoms with Crippen LogP contribution in [0.1, 0.15) is 56.9 Å². The molecule has 3 heterocycles. The highest BCUT2D eigenvalue weighted by Gasteiger charge is 2.43. The average Bonchev–Trinajstić information content (AvgIpc) is 3.39. The van der Waals surface area contributed by atoms with E-state index < -0.39 is 42.0 Å². The maximum atomic E-state index is 11.5. The third-order valence-corrected chi connectivity index (χ3v) is 7.70. The van der Waals surface area contributed by atoms with Gasteiger partial charge in [-0.1, -0.05) is 43.2 Å². The molecule has 3 saturated heterocycles. The molecule has 0 spiro atoms. The molecule has 1 aromatic rings. The normalized spacial score (nSPS) is 25.4. The molecule has 1 aromatic carbocycles. The third kappa shape index (κ3) is 7.03. The van der Waals surface area contributed by atoms with Crippen LogP contribution in [-0.4, -0.2) is 86.3 Å². The summed E-state index contributed by atoms with van der Waals surface area (Å²) in [4.78, 5) is 33.0. The molecule has 0 radical (unpaired) electrons. The van der Waals surface area contributed by atoms with Crippen LogP contribution in [0.2, 0.25) is 0 Å². The minimum absolute atomic E-state index is 0.314. The largest absolute Gasteiger partial charge is 0.481 e. The predicted octanol–water partition coefficient (Wildman–Crippen LogP) is 1.93. The van der Waals surface area contributed by atoms with Gasteiger partial charge < -0.3 is 35.2 Å². The van der Waals surface area contributed by atoms with E-state index in [4.69, 9.17) is 25.2 Å². The number of aliphatic hydroxyl groups is 2. The van der Waals surface area contributed by atoms with Gasteiger partial charge in [-0.3, -0.25) is 9.59 Å². The van der Waals surface area contributed by atoms with Crippen molar-refractivity contribution in [3.63, 3.8) is 0 Å². The Morgan fingerprint density at radius 3 is 1.89 bits per heavy atom. The number of ether oxygens (including phenoxy) is 1. The molecule has 3 aliphatic heterocycles. The molecule has 4 fully saturated rings. The second-order valence-corrected chi connectivity index (χ2v) is 10.2. The maximum Gasteiger partial charge on any atom is 0.336 e. The molecule has 1 aliphatic carbocycles. The van der Waals surface area contributed by atoms with Gasteiger partial charge in [0.15, 0.2) is 5.60 Å². The zero-order valence-electron chi connectivity index (χ0n) is 20.4. The molecular weight excluding hydrogens is 470 g/mol. The van der Waals surface area contributed by atoms with Crippen LogP contribution < -0.4 is 0 Å². The van der Waals surface area contributed by atoms with Gasteiger partial charge in [-0.15, -0.1) is 0 Å². The van der Waals surface area contributed by atoms with Crippen molar-refractivity contribution >= 4 is 17.9 Å². The summed E-state index contributed by atoms with van der Waals surface area (Å²) in [6, 6.07) is 10.2. The minimum Gasteiger partial charge on any atom is -0.481 e. The molecule has 2 atom stereocenters. The van der Waals surface area contributed by atoms with Gasteiger partial charge in [-0.2, -0.15) is 0 Å². The fourth-order valence-electron chi connectivity index (χ4n) is 5.61. The lowest BCUT2D eigenvalue weighted by atomic mass is 9.80. The van der Waals surface area contributed by atoms with Crippen molar-refractivity contribution in [2.45, 2.75) is 68.7 Å². The Balaban J connectivity index is 0.000000240. The van der Waals surface area contributed by atoms with E-state index in [1.165, 1.54) is 38.8 Å². The van der Waals surface area contributed by atoms with Gasteiger partial charge in [-0.05, 0) is 56.2 Å². The van der Waals surface area contributed by atoms with Crippen molar-refractivity contribution in [2.75, 3.05) is 26.2 Å². The Labute approximate surface area is 210 Å². The molecule has 5 N–H and O–H groups in total. The molecule has 10 heteroatoms. The van der Waals surface area contributed by atoms with E-state index in [9.17, 15) is 19.5 Å². The van der Waals surface area contributed by atoms with Crippen LogP contribution in [0.4, 0.5) is 0 Å². The summed E-state index contributed by atoms with van der Waals surface area (Å²) in [5.41, 5.74) is -2.52. The number of carbonyl (C=O) groups is 3. The zero-order chi connectivity index (χ0) is 26.3. The van der Waals surface area contributed by atoms with Crippen molar-refractivity contribution in [3.8, 4) is 0 Å². The number of rotatable bonds is 10. The number of nitrogens with zero attached hydrogens (tertiary/aromatic N) is 1. The summed E-state index contributed by atoms with van der Waals surface area (Å²) >= 11 is 0. The molecule has 10 nitrogen and oxygen atoms in total. The summed E-state index contributed by atoms with van der Waals surface area (Å²) in [6.07, 6.45) is 5.26. The summed E-state index contributed by atoms with van der Waals surface area (Å²) in [5.74, 6) is -3.98. The first-order valence-electron chi connectivity index (χ1n) is 12.5. The van der Waals surface area contributed by atoms with Crippen LogP contribution in [-0.2, 0) is 24.7 Å². The number of fused-ring (bicyclic) bond motifs is 3. The Hall–Kier alpha value is -2.53. The first-order valence-corrected chi connectivity index (χ1v) is 12.5. The smallest absolute Gasteiger partial charge is 0.336 e. The van der Waals surface area contributed by atoms with E-state index in [1.54, 1.807) is 0 Å². The van der Waals surface area contributed by atoms with Crippen molar-refractivity contribution in [1.82, 2.24) is 4.90 Å². The fourth-order valence-corrected chi connectivity index (χ4v) is 5.61. The Morgan fingerprint density at radius 1 is 0.889 bits per heavy atom. The van der Waals surface area contributed by atoms with Crippen LogP contribution in [0.25, 0.3) is 0 Å². The average molecular weight is 508 g/mol. The second kappa shape index (κ2) is 12.1. The van der Waals surface area contributed by atoms with Gasteiger partial charge in [0.2, 0.25) is 0 Å². The van der Waals surface area contributed by atoms with Gasteiger partial charge in [0.25, 0.3) is 0 Å². The van der Waals surface area contributed by atoms with Gasteiger partial charge >= 0.3 is 17.9 Å². The van der Waals surface area contributed by atoms with Crippen LogP contribution in [0.5, 0.6) is 0 Å². The number of carboxylic acid groups (broad SMARTS) is 3. The highest BCUT2D eigenvalue weighted by atomic mass is 16.5. The molecule has 200 valence electrons. The SMILES string of the molecule is O=C(O)CC(O)(CC(=O)O)C(=O)O.O[C@@](COC1CN2CCC1CC2)(c1ccccc1)C1CCCC1. The van der Waals surface area contributed by atoms with E-state index in [-0.39, 0.29) is 0 Å². The summed E-state index contributed by atoms with van der Waals surface area (Å²) in [5, 5.41) is 45.4. The summed E-state index contributed by atoms with van der Waals surface area (Å²) in [7, 11) is 0. The minimum atomic E-state index is -2.74. The molecule has 0 amide bonds. The highest BCUT2D eigenvalue weighted by Crippen LogP contribution is 2.41. The Morgan fingerprint density at radius 2 is 1.44 bits per heavy atom. The van der Waals surface area contributed by atoms with Crippen molar-refractivity contribution in [1.29, 1.82) is 0 Å². The van der Waals surface area contributed by atoms with Gasteiger partial charge in [0.05, 0.1) is 25.6 Å². The topological polar surface area (TPSA) is 165 Å². The number of carboxylic acids is 3. The monoisotopic (exact) mass is 507 g/mol. The van der Waals surface area contributed by atoms with E-state index >= 15 is 0 Å². The molecule has 1 saturated carbocycles. The maximum absolute atomic E-state index is 11.5. The standard InChI is InChI=1S/C20H29NO2.C6H8O7/c22-20(18-8-4-5-9-18,17-6-2-1-3-7-17)15-23-19-14-21-12-10-16(19)11-13-21;7-3(8)1-6(13,5(11)12)2-4(9)10/h1-3,6-7,16,18-19,22H,4-5,8-15H2;13H,1-2H2,(H,7,8)(H,9,10)(H,11,12)/t19?,20-;/m0./s1. The molecule has 36 heavy (non-hydrogen) atoms. The molecule has 1 unspecified atom stereocenters. The van der Waals surface area contributed by atoms with Crippen molar-refractivity contribution < 1.29 is 44.7 Å². The first-order chi connectivity index (χ1) is 17.0. The second-order valence-electron chi connectivity index (χ2n) is 10.2. The van der Waals surface area contributed by atoms with Crippen LogP contribution in [0.15, 0.2) is 30.3 Å². The van der Waals surface area contributed by atoms with Crippen LogP contribution in [0, 0.1) is 11.8 Å². The van der Waals surface area contributed by atoms with Crippen LogP contribution >= 0.6 is 0 Å². The van der Waals surface area contributed by atoms with E-state index in [0.717, 1.165) is 24.9 Å². The predicted molar refractivity (Wildman–Crippen MR) is 128 cm³/mol. The van der Waals surface area contributed by atoms with E-state index in [0.29, 0.717) is 24.5 Å². The van der Waals surface area contributed by atoms with Gasteiger partial charge in [0, 0.05) is 6.54 Å². The molecule has 2 bridgehead atoms. The lowest BCUT2D eigenvalue weighted by molar-refractivity contribution is -0.170. The summed E-state index contributed by atoms with van der Waals surface area (Å²) < 4.78 is 6.36. The van der Waals surface area contributed by atoms with Gasteiger partial charge in [-0.25, -0.2) is 4.79 Å².